The summed E-state index contributed by atoms with van der Waals surface area (Å²) in [5, 5.41) is 3.34. The first kappa shape index (κ1) is 24.1. The fourth-order valence-corrected chi connectivity index (χ4v) is 5.80. The molecule has 1 N–H and O–H groups in total. The van der Waals surface area contributed by atoms with Gasteiger partial charge in [0.15, 0.2) is 0 Å². The fourth-order valence-electron chi connectivity index (χ4n) is 5.80. The number of nitrogens with zero attached hydrogens (tertiary/aromatic N) is 3. The zero-order valence-electron chi connectivity index (χ0n) is 20.8. The van der Waals surface area contributed by atoms with Crippen LogP contribution in [0.2, 0.25) is 0 Å². The summed E-state index contributed by atoms with van der Waals surface area (Å²) in [4.78, 5) is 31.9. The molecule has 0 unspecified atom stereocenters. The van der Waals surface area contributed by atoms with Gasteiger partial charge in [-0.05, 0) is 50.5 Å². The van der Waals surface area contributed by atoms with Gasteiger partial charge in [-0.3, -0.25) is 14.5 Å². The molecule has 35 heavy (non-hydrogen) atoms. The number of amides is 2. The van der Waals surface area contributed by atoms with Gasteiger partial charge in [-0.15, -0.1) is 0 Å². The fraction of sp³-hybridized carbons (Fsp3) is 0.630. The third-order valence-electron chi connectivity index (χ3n) is 7.92. The van der Waals surface area contributed by atoms with Crippen molar-refractivity contribution in [1.82, 2.24) is 19.7 Å². The Morgan fingerprint density at radius 2 is 1.80 bits per heavy atom. The zero-order valence-corrected chi connectivity index (χ0v) is 20.8. The Morgan fingerprint density at radius 3 is 2.51 bits per heavy atom. The SMILES string of the molecule is C[C@]1(C(=O)NC2CCCCCC2)Cn2c(ccc2-c2ccco2)C(=O)N1CCCN1CCOCC1. The van der Waals surface area contributed by atoms with Gasteiger partial charge in [-0.2, -0.15) is 0 Å². The van der Waals surface area contributed by atoms with E-state index < -0.39 is 5.54 Å². The van der Waals surface area contributed by atoms with Crippen molar-refractivity contribution in [3.05, 3.63) is 36.2 Å². The summed E-state index contributed by atoms with van der Waals surface area (Å²) in [6.45, 7) is 7.14. The van der Waals surface area contributed by atoms with E-state index in [1.54, 1.807) is 6.26 Å². The topological polar surface area (TPSA) is 80.0 Å². The molecule has 5 rings (SSSR count). The second-order valence-corrected chi connectivity index (χ2v) is 10.4. The lowest BCUT2D eigenvalue weighted by Crippen LogP contribution is -2.65. The lowest BCUT2D eigenvalue weighted by molar-refractivity contribution is -0.133. The van der Waals surface area contributed by atoms with E-state index in [1.807, 2.05) is 40.7 Å². The Hall–Kier alpha value is -2.58. The number of hydrogen-bond donors (Lipinski definition) is 1. The molecule has 4 heterocycles. The van der Waals surface area contributed by atoms with E-state index in [4.69, 9.17) is 9.15 Å². The molecule has 2 fully saturated rings. The second kappa shape index (κ2) is 10.6. The van der Waals surface area contributed by atoms with Crippen LogP contribution in [-0.2, 0) is 16.1 Å². The lowest BCUT2D eigenvalue weighted by Gasteiger charge is -2.45. The molecule has 1 atom stereocenters. The molecule has 2 aliphatic heterocycles. The van der Waals surface area contributed by atoms with Gasteiger partial charge in [0.05, 0.1) is 31.7 Å². The zero-order chi connectivity index (χ0) is 24.3. The summed E-state index contributed by atoms with van der Waals surface area (Å²) >= 11 is 0. The van der Waals surface area contributed by atoms with Crippen LogP contribution in [0.5, 0.6) is 0 Å². The van der Waals surface area contributed by atoms with Gasteiger partial charge in [-0.1, -0.05) is 25.7 Å². The maximum absolute atomic E-state index is 13.9. The molecule has 190 valence electrons. The molecular formula is C27H38N4O4. The summed E-state index contributed by atoms with van der Waals surface area (Å²) < 4.78 is 13.1. The van der Waals surface area contributed by atoms with Crippen LogP contribution >= 0.6 is 0 Å². The second-order valence-electron chi connectivity index (χ2n) is 10.4. The van der Waals surface area contributed by atoms with E-state index in [9.17, 15) is 9.59 Å². The van der Waals surface area contributed by atoms with Crippen LogP contribution in [0.3, 0.4) is 0 Å². The third kappa shape index (κ3) is 5.05. The van der Waals surface area contributed by atoms with Gasteiger partial charge in [-0.25, -0.2) is 0 Å². The molecule has 8 nitrogen and oxygen atoms in total. The average molecular weight is 483 g/mol. The monoisotopic (exact) mass is 482 g/mol. The van der Waals surface area contributed by atoms with Crippen LogP contribution in [0.1, 0.15) is 62.4 Å². The molecule has 1 saturated carbocycles. The first-order valence-corrected chi connectivity index (χ1v) is 13.2. The van der Waals surface area contributed by atoms with Crippen LogP contribution in [0.25, 0.3) is 11.5 Å². The van der Waals surface area contributed by atoms with Gasteiger partial charge in [0.1, 0.15) is 17.0 Å². The number of rotatable bonds is 7. The number of morpholine rings is 1. The summed E-state index contributed by atoms with van der Waals surface area (Å²) in [5.41, 5.74) is 0.476. The van der Waals surface area contributed by atoms with Gasteiger partial charge in [0.25, 0.3) is 5.91 Å². The van der Waals surface area contributed by atoms with Gasteiger partial charge in [0, 0.05) is 32.2 Å². The molecule has 8 heteroatoms. The number of ether oxygens (including phenoxy) is 1. The standard InChI is InChI=1S/C27H38N4O4/c1-27(26(33)28-21-8-4-2-3-5-9-21)20-30-22(24-10-6-17-35-24)11-12-23(30)25(32)31(27)14-7-13-29-15-18-34-19-16-29/h6,10-12,17,21H,2-5,7-9,13-16,18-20H2,1H3,(H,28,33)/t27-/m1/s1. The highest BCUT2D eigenvalue weighted by Crippen LogP contribution is 2.34. The van der Waals surface area contributed by atoms with Crippen LogP contribution in [0.4, 0.5) is 0 Å². The largest absolute Gasteiger partial charge is 0.463 e. The summed E-state index contributed by atoms with van der Waals surface area (Å²) in [7, 11) is 0. The van der Waals surface area contributed by atoms with E-state index >= 15 is 0 Å². The summed E-state index contributed by atoms with van der Waals surface area (Å²) in [6.07, 6.45) is 9.24. The summed E-state index contributed by atoms with van der Waals surface area (Å²) in [5.74, 6) is 0.569. The number of carbonyl (C=O) groups excluding carboxylic acids is 2. The van der Waals surface area contributed by atoms with Crippen LogP contribution in [0.15, 0.2) is 34.9 Å². The van der Waals surface area contributed by atoms with Gasteiger partial charge >= 0.3 is 0 Å². The van der Waals surface area contributed by atoms with Crippen molar-refractivity contribution in [3.8, 4) is 11.5 Å². The van der Waals surface area contributed by atoms with Crippen molar-refractivity contribution in [2.24, 2.45) is 0 Å². The predicted octanol–water partition coefficient (Wildman–Crippen LogP) is 3.52. The van der Waals surface area contributed by atoms with Crippen LogP contribution < -0.4 is 5.32 Å². The maximum Gasteiger partial charge on any atom is 0.271 e. The Balaban J connectivity index is 1.39. The number of carbonyl (C=O) groups is 2. The third-order valence-corrected chi connectivity index (χ3v) is 7.92. The van der Waals surface area contributed by atoms with E-state index in [-0.39, 0.29) is 17.9 Å². The van der Waals surface area contributed by atoms with Crippen molar-refractivity contribution in [1.29, 1.82) is 0 Å². The van der Waals surface area contributed by atoms with Gasteiger partial charge < -0.3 is 23.9 Å². The first-order valence-electron chi connectivity index (χ1n) is 13.2. The lowest BCUT2D eigenvalue weighted by atomic mass is 9.93. The highest BCUT2D eigenvalue weighted by Gasteiger charge is 2.48. The van der Waals surface area contributed by atoms with Crippen molar-refractivity contribution in [3.63, 3.8) is 0 Å². The molecule has 0 bridgehead atoms. The Bertz CT molecular complexity index is 1000. The molecular weight excluding hydrogens is 444 g/mol. The van der Waals surface area contributed by atoms with E-state index in [0.29, 0.717) is 24.5 Å². The molecule has 2 amide bonds. The number of nitrogens with one attached hydrogen (secondary N) is 1. The van der Waals surface area contributed by atoms with Crippen molar-refractivity contribution >= 4 is 11.8 Å². The van der Waals surface area contributed by atoms with Crippen molar-refractivity contribution in [2.45, 2.75) is 70.0 Å². The molecule has 1 saturated heterocycles. The average Bonchev–Trinajstić information content (AvgIpc) is 3.47. The minimum Gasteiger partial charge on any atom is -0.463 e. The highest BCUT2D eigenvalue weighted by atomic mass is 16.5. The Kier molecular flexibility index (Phi) is 7.29. The minimum absolute atomic E-state index is 0.0473. The smallest absolute Gasteiger partial charge is 0.271 e. The minimum atomic E-state index is -0.970. The van der Waals surface area contributed by atoms with Crippen molar-refractivity contribution < 1.29 is 18.7 Å². The van der Waals surface area contributed by atoms with E-state index in [2.05, 4.69) is 10.2 Å². The number of fused-ring (bicyclic) bond motifs is 1. The highest BCUT2D eigenvalue weighted by molar-refractivity contribution is 6.00. The molecule has 0 spiro atoms. The van der Waals surface area contributed by atoms with Crippen molar-refractivity contribution in [2.75, 3.05) is 39.4 Å². The molecule has 3 aliphatic rings. The predicted molar refractivity (Wildman–Crippen MR) is 133 cm³/mol. The number of hydrogen-bond acceptors (Lipinski definition) is 5. The summed E-state index contributed by atoms with van der Waals surface area (Å²) in [6, 6.07) is 7.70. The first-order chi connectivity index (χ1) is 17.1. The van der Waals surface area contributed by atoms with Crippen LogP contribution in [0, 0.1) is 0 Å². The van der Waals surface area contributed by atoms with Crippen LogP contribution in [-0.4, -0.2) is 77.2 Å². The number of aromatic nitrogens is 1. The van der Waals surface area contributed by atoms with Gasteiger partial charge in [0.2, 0.25) is 5.91 Å². The van der Waals surface area contributed by atoms with E-state index in [1.165, 1.54) is 12.8 Å². The maximum atomic E-state index is 13.9. The molecule has 2 aromatic heterocycles. The molecule has 2 aromatic rings. The normalized spacial score (nSPS) is 24.3. The molecule has 0 aromatic carbocycles. The molecule has 1 aliphatic carbocycles. The van der Waals surface area contributed by atoms with E-state index in [0.717, 1.165) is 70.6 Å². The molecule has 0 radical (unpaired) electrons. The Morgan fingerprint density at radius 1 is 1.06 bits per heavy atom. The Labute approximate surface area is 207 Å². The quantitative estimate of drug-likeness (QED) is 0.611. The number of furan rings is 1.